The number of carbonyl (C=O) groups excluding carboxylic acids is 2. The molecule has 12 heteroatoms. The zero-order valence-electron chi connectivity index (χ0n) is 20.4. The Balaban J connectivity index is 0.000000604. The van der Waals surface area contributed by atoms with Gasteiger partial charge in [0.25, 0.3) is 5.91 Å². The molecule has 1 fully saturated rings. The van der Waals surface area contributed by atoms with Crippen LogP contribution >= 0.6 is 0 Å². The van der Waals surface area contributed by atoms with Crippen LogP contribution in [0.4, 0.5) is 13.2 Å². The van der Waals surface area contributed by atoms with E-state index in [0.29, 0.717) is 43.9 Å². The van der Waals surface area contributed by atoms with E-state index in [1.165, 1.54) is 11.1 Å². The molecule has 2 amide bonds. The molecule has 0 radical (unpaired) electrons. The molecule has 1 aliphatic rings. The second-order valence-corrected chi connectivity index (χ2v) is 8.74. The standard InChI is InChI=1S/C23H29N3O4.C2HF3O2/c1-16-3-4-17(2)19(13-16)15-30-20-7-5-18(6-8-20)22(28)25-23(14-21(27)26-29)9-11-24-12-10-23;3-2(4,5)1(6)7/h3-8,13,24,29H,9-12,14-15H2,1-2H3,(H,25,28)(H,26,27);(H,6,7). The molecule has 1 aliphatic heterocycles. The van der Waals surface area contributed by atoms with Gasteiger partial charge >= 0.3 is 12.1 Å². The number of amides is 2. The monoisotopic (exact) mass is 525 g/mol. The zero-order chi connectivity index (χ0) is 27.6. The summed E-state index contributed by atoms with van der Waals surface area (Å²) < 4.78 is 37.6. The highest BCUT2D eigenvalue weighted by molar-refractivity contribution is 5.95. The van der Waals surface area contributed by atoms with Crippen molar-refractivity contribution in [2.75, 3.05) is 13.1 Å². The van der Waals surface area contributed by atoms with Crippen molar-refractivity contribution in [3.8, 4) is 5.75 Å². The summed E-state index contributed by atoms with van der Waals surface area (Å²) in [6, 6.07) is 13.2. The fourth-order valence-electron chi connectivity index (χ4n) is 3.73. The molecule has 37 heavy (non-hydrogen) atoms. The molecule has 2 aromatic carbocycles. The molecule has 1 heterocycles. The number of benzene rings is 2. The predicted molar refractivity (Wildman–Crippen MR) is 127 cm³/mol. The lowest BCUT2D eigenvalue weighted by atomic mass is 9.84. The molecule has 0 aliphatic carbocycles. The number of ether oxygens (including phenoxy) is 1. The summed E-state index contributed by atoms with van der Waals surface area (Å²) in [4.78, 5) is 33.4. The molecular formula is C25H30F3N3O6. The minimum absolute atomic E-state index is 0.0357. The number of aliphatic carboxylic acids is 1. The molecule has 3 rings (SSSR count). The van der Waals surface area contributed by atoms with E-state index in [1.807, 2.05) is 0 Å². The third kappa shape index (κ3) is 9.39. The summed E-state index contributed by atoms with van der Waals surface area (Å²) in [5.74, 6) is -2.83. The van der Waals surface area contributed by atoms with Crippen molar-refractivity contribution >= 4 is 17.8 Å². The molecular weight excluding hydrogens is 495 g/mol. The van der Waals surface area contributed by atoms with E-state index in [-0.39, 0.29) is 12.3 Å². The fourth-order valence-corrected chi connectivity index (χ4v) is 3.73. The van der Waals surface area contributed by atoms with E-state index in [0.717, 1.165) is 5.56 Å². The number of nitrogens with one attached hydrogen (secondary N) is 3. The Kier molecular flexibility index (Phi) is 10.4. The third-order valence-corrected chi connectivity index (χ3v) is 5.82. The van der Waals surface area contributed by atoms with Crippen LogP contribution in [0.25, 0.3) is 0 Å². The van der Waals surface area contributed by atoms with Crippen molar-refractivity contribution in [3.63, 3.8) is 0 Å². The molecule has 0 unspecified atom stereocenters. The van der Waals surface area contributed by atoms with Gasteiger partial charge in [-0.25, -0.2) is 10.3 Å². The van der Waals surface area contributed by atoms with Crippen molar-refractivity contribution < 1.29 is 42.6 Å². The molecule has 0 aromatic heterocycles. The molecule has 0 bridgehead atoms. The minimum atomic E-state index is -5.08. The number of alkyl halides is 3. The van der Waals surface area contributed by atoms with E-state index in [1.54, 1.807) is 29.7 Å². The van der Waals surface area contributed by atoms with Crippen LogP contribution in [-0.2, 0) is 16.2 Å². The predicted octanol–water partition coefficient (Wildman–Crippen LogP) is 3.26. The van der Waals surface area contributed by atoms with Crippen molar-refractivity contribution in [2.24, 2.45) is 0 Å². The highest BCUT2D eigenvalue weighted by Crippen LogP contribution is 2.24. The summed E-state index contributed by atoms with van der Waals surface area (Å²) in [5.41, 5.74) is 4.98. The van der Waals surface area contributed by atoms with Crippen LogP contribution in [0.3, 0.4) is 0 Å². The Bertz CT molecular complexity index is 1080. The van der Waals surface area contributed by atoms with Gasteiger partial charge in [-0.3, -0.25) is 14.8 Å². The number of carbonyl (C=O) groups is 3. The SMILES string of the molecule is Cc1ccc(C)c(COc2ccc(C(=O)NC3(CC(=O)NO)CCNCC3)cc2)c1.O=C(O)C(F)(F)F. The number of aryl methyl sites for hydroxylation is 2. The number of piperidine rings is 1. The lowest BCUT2D eigenvalue weighted by Gasteiger charge is -2.37. The average Bonchev–Trinajstić information content (AvgIpc) is 2.85. The number of halogens is 3. The maximum Gasteiger partial charge on any atom is 0.490 e. The number of hydrogen-bond acceptors (Lipinski definition) is 6. The van der Waals surface area contributed by atoms with E-state index in [2.05, 4.69) is 42.7 Å². The fraction of sp³-hybridized carbons (Fsp3) is 0.400. The highest BCUT2D eigenvalue weighted by atomic mass is 19.4. The van der Waals surface area contributed by atoms with Gasteiger partial charge in [-0.1, -0.05) is 23.8 Å². The lowest BCUT2D eigenvalue weighted by molar-refractivity contribution is -0.192. The zero-order valence-corrected chi connectivity index (χ0v) is 20.4. The molecule has 202 valence electrons. The second kappa shape index (κ2) is 13.1. The van der Waals surface area contributed by atoms with Gasteiger partial charge in [-0.15, -0.1) is 0 Å². The number of carboxylic acid groups (broad SMARTS) is 1. The molecule has 2 aromatic rings. The lowest BCUT2D eigenvalue weighted by Crippen LogP contribution is -2.56. The summed E-state index contributed by atoms with van der Waals surface area (Å²) >= 11 is 0. The summed E-state index contributed by atoms with van der Waals surface area (Å²) in [5, 5.41) is 22.2. The van der Waals surface area contributed by atoms with Gasteiger partial charge in [0.05, 0.1) is 12.0 Å². The molecule has 0 atom stereocenters. The van der Waals surface area contributed by atoms with Crippen LogP contribution in [0.2, 0.25) is 0 Å². The number of carboxylic acids is 1. The largest absolute Gasteiger partial charge is 0.490 e. The van der Waals surface area contributed by atoms with Gasteiger partial charge in [0, 0.05) is 5.56 Å². The van der Waals surface area contributed by atoms with Crippen LogP contribution < -0.4 is 20.9 Å². The molecule has 5 N–H and O–H groups in total. The Morgan fingerprint density at radius 2 is 1.65 bits per heavy atom. The van der Waals surface area contributed by atoms with E-state index in [4.69, 9.17) is 19.8 Å². The normalized spacial score (nSPS) is 14.5. The van der Waals surface area contributed by atoms with Gasteiger partial charge in [0.15, 0.2) is 0 Å². The van der Waals surface area contributed by atoms with Gasteiger partial charge in [-0.05, 0) is 75.2 Å². The highest BCUT2D eigenvalue weighted by Gasteiger charge is 2.38. The maximum atomic E-state index is 12.8. The molecule has 0 spiro atoms. The van der Waals surface area contributed by atoms with E-state index < -0.39 is 23.6 Å². The second-order valence-electron chi connectivity index (χ2n) is 8.74. The first kappa shape index (κ1) is 29.6. The van der Waals surface area contributed by atoms with Crippen LogP contribution in [0.5, 0.6) is 5.75 Å². The Morgan fingerprint density at radius 3 is 2.19 bits per heavy atom. The molecule has 1 saturated heterocycles. The quantitative estimate of drug-likeness (QED) is 0.276. The topological polar surface area (TPSA) is 137 Å². The van der Waals surface area contributed by atoms with Gasteiger partial charge in [-0.2, -0.15) is 13.2 Å². The van der Waals surface area contributed by atoms with Crippen molar-refractivity contribution in [1.82, 2.24) is 16.1 Å². The van der Waals surface area contributed by atoms with E-state index in [9.17, 15) is 22.8 Å². The van der Waals surface area contributed by atoms with Gasteiger partial charge < -0.3 is 20.5 Å². The van der Waals surface area contributed by atoms with E-state index >= 15 is 0 Å². The summed E-state index contributed by atoms with van der Waals surface area (Å²) in [7, 11) is 0. The summed E-state index contributed by atoms with van der Waals surface area (Å²) in [6.45, 7) is 5.97. The summed E-state index contributed by atoms with van der Waals surface area (Å²) in [6.07, 6.45) is -3.82. The first-order chi connectivity index (χ1) is 17.3. The Labute approximate surface area is 212 Å². The van der Waals surface area contributed by atoms with Crippen LogP contribution in [-0.4, -0.2) is 52.9 Å². The average molecular weight is 526 g/mol. The van der Waals surface area contributed by atoms with Crippen LogP contribution in [0.15, 0.2) is 42.5 Å². The number of hydroxylamine groups is 1. The molecule has 9 nitrogen and oxygen atoms in total. The first-order valence-corrected chi connectivity index (χ1v) is 11.4. The van der Waals surface area contributed by atoms with Crippen molar-refractivity contribution in [3.05, 3.63) is 64.7 Å². The maximum absolute atomic E-state index is 12.8. The molecule has 0 saturated carbocycles. The Morgan fingerprint density at radius 1 is 1.05 bits per heavy atom. The van der Waals surface area contributed by atoms with Gasteiger partial charge in [0.2, 0.25) is 5.91 Å². The number of rotatable bonds is 7. The minimum Gasteiger partial charge on any atom is -0.489 e. The van der Waals surface area contributed by atoms with Gasteiger partial charge in [0.1, 0.15) is 12.4 Å². The first-order valence-electron chi connectivity index (χ1n) is 11.4. The Hall–Kier alpha value is -3.64. The third-order valence-electron chi connectivity index (χ3n) is 5.82. The van der Waals surface area contributed by atoms with Crippen molar-refractivity contribution in [1.29, 1.82) is 0 Å². The smallest absolute Gasteiger partial charge is 0.489 e. The number of hydrogen-bond donors (Lipinski definition) is 5. The van der Waals surface area contributed by atoms with Crippen LogP contribution in [0, 0.1) is 13.8 Å². The van der Waals surface area contributed by atoms with Crippen LogP contribution in [0.1, 0.15) is 46.3 Å². The van der Waals surface area contributed by atoms with Crippen molar-refractivity contribution in [2.45, 2.75) is 51.4 Å².